The molecule has 0 heterocycles. The maximum atomic E-state index is 10.6. The third-order valence-corrected chi connectivity index (χ3v) is 3.08. The molecular formula is C12H23NO. The molecule has 0 radical (unpaired) electrons. The number of hydrogen-bond acceptors (Lipinski definition) is 2. The fourth-order valence-corrected chi connectivity index (χ4v) is 2.33. The van der Waals surface area contributed by atoms with E-state index in [1.165, 1.54) is 13.5 Å². The lowest BCUT2D eigenvalue weighted by molar-refractivity contribution is -0.112. The first-order valence-electron chi connectivity index (χ1n) is 5.54. The van der Waals surface area contributed by atoms with E-state index in [2.05, 4.69) is 24.8 Å². The zero-order valence-electron chi connectivity index (χ0n) is 9.73. The van der Waals surface area contributed by atoms with Crippen molar-refractivity contribution in [3.63, 3.8) is 0 Å². The van der Waals surface area contributed by atoms with Gasteiger partial charge in [-0.2, -0.15) is 0 Å². The van der Waals surface area contributed by atoms with Crippen LogP contribution in [-0.4, -0.2) is 13.3 Å². The van der Waals surface area contributed by atoms with E-state index in [9.17, 15) is 4.79 Å². The number of allylic oxidation sites excluding steroid dienone is 2. The van der Waals surface area contributed by atoms with Crippen LogP contribution in [0.5, 0.6) is 0 Å². The minimum atomic E-state index is 0.329. The standard InChI is InChI=1S/C9H12O.C2H6.CH5N/c1-6-7-2-3-8(4-7)9(6)5-10;2*1-2/h2-3,5-9H,4H2,1H3;1-2H3;2H2,1H3. The second kappa shape index (κ2) is 6.77. The van der Waals surface area contributed by atoms with Crippen LogP contribution in [0, 0.1) is 23.7 Å². The zero-order chi connectivity index (χ0) is 11.1. The number of rotatable bonds is 1. The summed E-state index contributed by atoms with van der Waals surface area (Å²) in [5.41, 5.74) is 4.50. The van der Waals surface area contributed by atoms with E-state index in [0.29, 0.717) is 23.7 Å². The van der Waals surface area contributed by atoms with Crippen LogP contribution in [0.25, 0.3) is 0 Å². The Balaban J connectivity index is 0.000000379. The molecule has 0 spiro atoms. The van der Waals surface area contributed by atoms with Crippen molar-refractivity contribution in [1.29, 1.82) is 0 Å². The summed E-state index contributed by atoms with van der Waals surface area (Å²) in [6, 6.07) is 0. The van der Waals surface area contributed by atoms with Gasteiger partial charge in [0.05, 0.1) is 0 Å². The normalized spacial score (nSPS) is 36.6. The third kappa shape index (κ3) is 2.44. The number of carbonyl (C=O) groups is 1. The molecule has 2 heteroatoms. The van der Waals surface area contributed by atoms with E-state index in [4.69, 9.17) is 0 Å². The Kier molecular flexibility index (Phi) is 6.46. The molecule has 4 unspecified atom stereocenters. The molecule has 82 valence electrons. The summed E-state index contributed by atoms with van der Waals surface area (Å²) >= 11 is 0. The summed E-state index contributed by atoms with van der Waals surface area (Å²) in [6.45, 7) is 6.19. The summed E-state index contributed by atoms with van der Waals surface area (Å²) in [6.07, 6.45) is 6.85. The highest BCUT2D eigenvalue weighted by molar-refractivity contribution is 5.57. The van der Waals surface area contributed by atoms with Crippen molar-refractivity contribution < 1.29 is 4.79 Å². The Morgan fingerprint density at radius 1 is 1.21 bits per heavy atom. The number of nitrogens with two attached hydrogens (primary N) is 1. The van der Waals surface area contributed by atoms with Crippen molar-refractivity contribution in [1.82, 2.24) is 0 Å². The minimum Gasteiger partial charge on any atom is -0.333 e. The van der Waals surface area contributed by atoms with Crippen LogP contribution in [0.4, 0.5) is 0 Å². The number of fused-ring (bicyclic) bond motifs is 2. The second-order valence-electron chi connectivity index (χ2n) is 3.52. The van der Waals surface area contributed by atoms with Crippen molar-refractivity contribution >= 4 is 6.29 Å². The van der Waals surface area contributed by atoms with Crippen LogP contribution in [0.2, 0.25) is 0 Å². The Bertz CT molecular complexity index is 189. The number of carbonyl (C=O) groups excluding carboxylic acids is 1. The lowest BCUT2D eigenvalue weighted by Crippen LogP contribution is -2.17. The van der Waals surface area contributed by atoms with E-state index in [0.717, 1.165) is 6.29 Å². The molecule has 4 atom stereocenters. The molecule has 0 aliphatic heterocycles. The molecule has 0 saturated heterocycles. The van der Waals surface area contributed by atoms with Gasteiger partial charge in [0.15, 0.2) is 0 Å². The largest absolute Gasteiger partial charge is 0.333 e. The number of hydrogen-bond donors (Lipinski definition) is 1. The summed E-state index contributed by atoms with van der Waals surface area (Å²) < 4.78 is 0. The molecule has 0 aromatic rings. The molecular weight excluding hydrogens is 174 g/mol. The Morgan fingerprint density at radius 2 is 1.71 bits per heavy atom. The molecule has 0 aromatic carbocycles. The van der Waals surface area contributed by atoms with Crippen molar-refractivity contribution in [2.45, 2.75) is 27.2 Å². The van der Waals surface area contributed by atoms with Crippen molar-refractivity contribution in [3.05, 3.63) is 12.2 Å². The van der Waals surface area contributed by atoms with Crippen LogP contribution >= 0.6 is 0 Å². The lowest BCUT2D eigenvalue weighted by Gasteiger charge is -2.18. The van der Waals surface area contributed by atoms with Gasteiger partial charge >= 0.3 is 0 Å². The zero-order valence-corrected chi connectivity index (χ0v) is 9.73. The molecule has 2 rings (SSSR count). The Morgan fingerprint density at radius 3 is 2.00 bits per heavy atom. The quantitative estimate of drug-likeness (QED) is 0.517. The summed E-state index contributed by atoms with van der Waals surface area (Å²) in [4.78, 5) is 10.6. The Hall–Kier alpha value is -0.630. The van der Waals surface area contributed by atoms with Gasteiger partial charge in [0.25, 0.3) is 0 Å². The fourth-order valence-electron chi connectivity index (χ4n) is 2.33. The van der Waals surface area contributed by atoms with E-state index < -0.39 is 0 Å². The molecule has 2 aliphatic carbocycles. The molecule has 1 saturated carbocycles. The van der Waals surface area contributed by atoms with Gasteiger partial charge in [-0.05, 0) is 31.2 Å². The van der Waals surface area contributed by atoms with E-state index in [1.54, 1.807) is 0 Å². The van der Waals surface area contributed by atoms with Gasteiger partial charge in [-0.1, -0.05) is 32.9 Å². The molecule has 2 N–H and O–H groups in total. The monoisotopic (exact) mass is 197 g/mol. The molecule has 2 nitrogen and oxygen atoms in total. The smallest absolute Gasteiger partial charge is 0.123 e. The van der Waals surface area contributed by atoms with Crippen LogP contribution < -0.4 is 5.73 Å². The highest BCUT2D eigenvalue weighted by Crippen LogP contribution is 2.46. The molecule has 1 fully saturated rings. The SMILES string of the molecule is CC.CC1C2C=CC(C2)C1C=O.CN. The highest BCUT2D eigenvalue weighted by atomic mass is 16.1. The van der Waals surface area contributed by atoms with Crippen molar-refractivity contribution in [3.8, 4) is 0 Å². The third-order valence-electron chi connectivity index (χ3n) is 3.08. The van der Waals surface area contributed by atoms with Gasteiger partial charge in [-0.15, -0.1) is 0 Å². The highest BCUT2D eigenvalue weighted by Gasteiger charge is 2.41. The predicted octanol–water partition coefficient (Wildman–Crippen LogP) is 2.24. The van der Waals surface area contributed by atoms with Gasteiger partial charge in [0.2, 0.25) is 0 Å². The lowest BCUT2D eigenvalue weighted by atomic mass is 9.86. The maximum Gasteiger partial charge on any atom is 0.123 e. The van der Waals surface area contributed by atoms with Crippen LogP contribution in [-0.2, 0) is 4.79 Å². The van der Waals surface area contributed by atoms with Gasteiger partial charge in [-0.25, -0.2) is 0 Å². The topological polar surface area (TPSA) is 43.1 Å². The van der Waals surface area contributed by atoms with Crippen LogP contribution in [0.3, 0.4) is 0 Å². The fraction of sp³-hybridized carbons (Fsp3) is 0.750. The average molecular weight is 197 g/mol. The summed E-state index contributed by atoms with van der Waals surface area (Å²) in [5.74, 6) is 2.22. The van der Waals surface area contributed by atoms with Crippen LogP contribution in [0.15, 0.2) is 12.2 Å². The van der Waals surface area contributed by atoms with E-state index >= 15 is 0 Å². The molecule has 0 aromatic heterocycles. The number of aldehydes is 1. The second-order valence-corrected chi connectivity index (χ2v) is 3.52. The van der Waals surface area contributed by atoms with Crippen LogP contribution in [0.1, 0.15) is 27.2 Å². The van der Waals surface area contributed by atoms with Gasteiger partial charge in [0.1, 0.15) is 6.29 Å². The predicted molar refractivity (Wildman–Crippen MR) is 60.9 cm³/mol. The van der Waals surface area contributed by atoms with E-state index in [-0.39, 0.29) is 0 Å². The molecule has 2 aliphatic rings. The van der Waals surface area contributed by atoms with Gasteiger partial charge < -0.3 is 10.5 Å². The van der Waals surface area contributed by atoms with E-state index in [1.807, 2.05) is 13.8 Å². The van der Waals surface area contributed by atoms with Crippen molar-refractivity contribution in [2.24, 2.45) is 29.4 Å². The summed E-state index contributed by atoms with van der Waals surface area (Å²) in [5, 5.41) is 0. The molecule has 14 heavy (non-hydrogen) atoms. The molecule has 2 bridgehead atoms. The van der Waals surface area contributed by atoms with Gasteiger partial charge in [-0.3, -0.25) is 0 Å². The molecule has 0 amide bonds. The first-order valence-corrected chi connectivity index (χ1v) is 5.54. The Labute approximate surface area is 87.6 Å². The van der Waals surface area contributed by atoms with Gasteiger partial charge in [0, 0.05) is 5.92 Å². The maximum absolute atomic E-state index is 10.6. The van der Waals surface area contributed by atoms with Crippen molar-refractivity contribution in [2.75, 3.05) is 7.05 Å². The average Bonchev–Trinajstić information content (AvgIpc) is 2.84. The minimum absolute atomic E-state index is 0.329. The first kappa shape index (κ1) is 13.4. The summed E-state index contributed by atoms with van der Waals surface area (Å²) in [7, 11) is 1.50. The first-order chi connectivity index (χ1) is 6.83.